The quantitative estimate of drug-likeness (QED) is 0.450. The molecule has 0 radical (unpaired) electrons. The maximum Gasteiger partial charge on any atom is 0.408 e. The first kappa shape index (κ1) is 26.1. The van der Waals surface area contributed by atoms with Gasteiger partial charge in [-0.05, 0) is 35.1 Å². The minimum absolute atomic E-state index is 0.141. The van der Waals surface area contributed by atoms with Crippen molar-refractivity contribution in [3.05, 3.63) is 59.7 Å². The first-order chi connectivity index (χ1) is 16.6. The zero-order chi connectivity index (χ0) is 25.6. The van der Waals surface area contributed by atoms with E-state index in [9.17, 15) is 27.6 Å². The van der Waals surface area contributed by atoms with Gasteiger partial charge in [0.15, 0.2) is 0 Å². The van der Waals surface area contributed by atoms with Crippen molar-refractivity contribution in [2.45, 2.75) is 56.8 Å². The van der Waals surface area contributed by atoms with Gasteiger partial charge in [0, 0.05) is 18.4 Å². The van der Waals surface area contributed by atoms with Crippen LogP contribution in [0, 0.1) is 0 Å². The van der Waals surface area contributed by atoms with E-state index in [1.807, 2.05) is 53.8 Å². The van der Waals surface area contributed by atoms with Crippen LogP contribution in [0.1, 0.15) is 49.7 Å². The topological polar surface area (TPSA) is 105 Å². The lowest BCUT2D eigenvalue weighted by molar-refractivity contribution is -0.156. The Morgan fingerprint density at radius 3 is 2.09 bits per heavy atom. The third-order valence-electron chi connectivity index (χ3n) is 5.97. The lowest BCUT2D eigenvalue weighted by Crippen LogP contribution is -2.46. The third kappa shape index (κ3) is 6.74. The van der Waals surface area contributed by atoms with Crippen LogP contribution in [0.25, 0.3) is 11.1 Å². The number of hydrogen-bond donors (Lipinski definition) is 3. The van der Waals surface area contributed by atoms with Gasteiger partial charge in [-0.2, -0.15) is 13.2 Å². The van der Waals surface area contributed by atoms with Gasteiger partial charge in [0.2, 0.25) is 5.91 Å². The van der Waals surface area contributed by atoms with Crippen molar-refractivity contribution in [3.8, 4) is 11.1 Å². The molecule has 2 atom stereocenters. The molecule has 7 nitrogen and oxygen atoms in total. The number of nitrogens with one attached hydrogen (secondary N) is 2. The zero-order valence-corrected chi connectivity index (χ0v) is 19.1. The monoisotopic (exact) mass is 492 g/mol. The van der Waals surface area contributed by atoms with Crippen molar-refractivity contribution in [1.29, 1.82) is 0 Å². The number of rotatable bonds is 10. The number of benzene rings is 2. The molecule has 1 aliphatic carbocycles. The summed E-state index contributed by atoms with van der Waals surface area (Å²) in [5.41, 5.74) is 3.84. The van der Waals surface area contributed by atoms with E-state index in [4.69, 9.17) is 9.84 Å². The smallest absolute Gasteiger partial charge is 0.408 e. The molecule has 0 aromatic heterocycles. The molecule has 0 aliphatic heterocycles. The van der Waals surface area contributed by atoms with E-state index in [1.54, 1.807) is 6.92 Å². The normalized spacial score (nSPS) is 14.4. The minimum atomic E-state index is -4.79. The van der Waals surface area contributed by atoms with Gasteiger partial charge in [-0.15, -0.1) is 0 Å². The average Bonchev–Trinajstić information content (AvgIpc) is 3.12. The summed E-state index contributed by atoms with van der Waals surface area (Å²) >= 11 is 0. The van der Waals surface area contributed by atoms with Crippen LogP contribution in [0.2, 0.25) is 0 Å². The first-order valence-corrected chi connectivity index (χ1v) is 11.3. The molecule has 0 saturated carbocycles. The molecule has 1 aliphatic rings. The Bertz CT molecular complexity index is 1030. The number of carbonyl (C=O) groups excluding carboxylic acids is 2. The predicted molar refractivity (Wildman–Crippen MR) is 122 cm³/mol. The Labute approximate surface area is 200 Å². The van der Waals surface area contributed by atoms with E-state index in [1.165, 1.54) is 0 Å². The molecule has 0 saturated heterocycles. The van der Waals surface area contributed by atoms with Crippen LogP contribution >= 0.6 is 0 Å². The number of carboxylic acid groups (broad SMARTS) is 1. The number of amides is 2. The molecule has 2 aromatic carbocycles. The van der Waals surface area contributed by atoms with Crippen molar-refractivity contribution in [2.75, 3.05) is 6.61 Å². The first-order valence-electron chi connectivity index (χ1n) is 11.3. The second kappa shape index (κ2) is 11.2. The summed E-state index contributed by atoms with van der Waals surface area (Å²) in [4.78, 5) is 35.1. The van der Waals surface area contributed by atoms with Crippen molar-refractivity contribution in [1.82, 2.24) is 10.6 Å². The summed E-state index contributed by atoms with van der Waals surface area (Å²) < 4.78 is 45.6. The van der Waals surface area contributed by atoms with Crippen LogP contribution < -0.4 is 10.6 Å². The molecule has 35 heavy (non-hydrogen) atoms. The molecule has 0 heterocycles. The largest absolute Gasteiger partial charge is 0.481 e. The van der Waals surface area contributed by atoms with Gasteiger partial charge in [-0.25, -0.2) is 4.79 Å². The van der Waals surface area contributed by atoms with Crippen LogP contribution in [-0.4, -0.2) is 47.9 Å². The van der Waals surface area contributed by atoms with Crippen LogP contribution in [0.5, 0.6) is 0 Å². The Balaban J connectivity index is 1.58. The van der Waals surface area contributed by atoms with Crippen LogP contribution in [0.3, 0.4) is 0 Å². The summed E-state index contributed by atoms with van der Waals surface area (Å²) in [6.45, 7) is 1.52. The van der Waals surface area contributed by atoms with E-state index in [2.05, 4.69) is 5.32 Å². The number of ether oxygens (including phenoxy) is 1. The zero-order valence-electron chi connectivity index (χ0n) is 19.1. The molecule has 0 spiro atoms. The number of fused-ring (bicyclic) bond motifs is 3. The van der Waals surface area contributed by atoms with Crippen LogP contribution in [-0.2, 0) is 14.3 Å². The SMILES string of the molecule is CCC(CC(=O)O)NC(=O)CC[C@H](NC(=O)OCC1c2ccccc2-c2ccccc21)C(F)(F)F. The fraction of sp³-hybridized carbons (Fsp3) is 0.400. The Morgan fingerprint density at radius 2 is 1.57 bits per heavy atom. The maximum absolute atomic E-state index is 13.5. The Kier molecular flexibility index (Phi) is 8.37. The molecule has 188 valence electrons. The standard InChI is InChI=1S/C25H27F3N2O5/c1-2-15(13-23(32)33)29-22(31)12-11-21(25(26,27)28)30-24(34)35-14-20-18-9-5-3-7-16(18)17-8-4-6-10-19(17)20/h3-10,15,20-21H,2,11-14H2,1H3,(H,29,31)(H,30,34)(H,32,33)/t15?,21-/m0/s1. The highest BCUT2D eigenvalue weighted by atomic mass is 19.4. The Morgan fingerprint density at radius 1 is 1.00 bits per heavy atom. The molecule has 2 amide bonds. The van der Waals surface area contributed by atoms with E-state index >= 15 is 0 Å². The molecule has 0 fully saturated rings. The summed E-state index contributed by atoms with van der Waals surface area (Å²) in [5.74, 6) is -2.15. The summed E-state index contributed by atoms with van der Waals surface area (Å²) in [6, 6.07) is 12.2. The van der Waals surface area contributed by atoms with Gasteiger partial charge in [0.25, 0.3) is 0 Å². The van der Waals surface area contributed by atoms with Crippen molar-refractivity contribution in [3.63, 3.8) is 0 Å². The second-order valence-electron chi connectivity index (χ2n) is 8.37. The van der Waals surface area contributed by atoms with E-state index in [0.29, 0.717) is 6.42 Å². The number of aliphatic carboxylic acids is 1. The van der Waals surface area contributed by atoms with Gasteiger partial charge in [-0.1, -0.05) is 55.5 Å². The molecular formula is C25H27F3N2O5. The minimum Gasteiger partial charge on any atom is -0.481 e. The van der Waals surface area contributed by atoms with Crippen molar-refractivity contribution < 1.29 is 37.4 Å². The molecule has 3 N–H and O–H groups in total. The number of carbonyl (C=O) groups is 3. The number of alkyl carbamates (subject to hydrolysis) is 1. The molecule has 3 rings (SSSR count). The van der Waals surface area contributed by atoms with Gasteiger partial charge < -0.3 is 20.5 Å². The van der Waals surface area contributed by atoms with E-state index < -0.39 is 49.1 Å². The third-order valence-corrected chi connectivity index (χ3v) is 5.97. The number of hydrogen-bond acceptors (Lipinski definition) is 4. The fourth-order valence-electron chi connectivity index (χ4n) is 4.18. The number of alkyl halides is 3. The molecule has 10 heteroatoms. The highest BCUT2D eigenvalue weighted by Gasteiger charge is 2.41. The van der Waals surface area contributed by atoms with E-state index in [0.717, 1.165) is 22.3 Å². The molecule has 0 bridgehead atoms. The molecular weight excluding hydrogens is 465 g/mol. The molecule has 1 unspecified atom stereocenters. The van der Waals surface area contributed by atoms with Gasteiger partial charge >= 0.3 is 18.2 Å². The highest BCUT2D eigenvalue weighted by molar-refractivity contribution is 5.79. The van der Waals surface area contributed by atoms with Gasteiger partial charge in [-0.3, -0.25) is 9.59 Å². The molecule has 2 aromatic rings. The van der Waals surface area contributed by atoms with Crippen molar-refractivity contribution >= 4 is 18.0 Å². The summed E-state index contributed by atoms with van der Waals surface area (Å²) in [7, 11) is 0. The lowest BCUT2D eigenvalue weighted by Gasteiger charge is -2.22. The summed E-state index contributed by atoms with van der Waals surface area (Å²) in [5, 5.41) is 13.1. The lowest BCUT2D eigenvalue weighted by atomic mass is 9.98. The van der Waals surface area contributed by atoms with E-state index in [-0.39, 0.29) is 18.9 Å². The Hall–Kier alpha value is -3.56. The number of halogens is 3. The average molecular weight is 492 g/mol. The predicted octanol–water partition coefficient (Wildman–Crippen LogP) is 4.61. The van der Waals surface area contributed by atoms with Gasteiger partial charge in [0.1, 0.15) is 12.6 Å². The highest BCUT2D eigenvalue weighted by Crippen LogP contribution is 2.44. The van der Waals surface area contributed by atoms with Crippen LogP contribution in [0.15, 0.2) is 48.5 Å². The number of carboxylic acids is 1. The maximum atomic E-state index is 13.5. The van der Waals surface area contributed by atoms with Crippen molar-refractivity contribution in [2.24, 2.45) is 0 Å². The van der Waals surface area contributed by atoms with Crippen LogP contribution in [0.4, 0.5) is 18.0 Å². The fourth-order valence-corrected chi connectivity index (χ4v) is 4.18. The second-order valence-corrected chi connectivity index (χ2v) is 8.37. The van der Waals surface area contributed by atoms with Gasteiger partial charge in [0.05, 0.1) is 6.42 Å². The summed E-state index contributed by atoms with van der Waals surface area (Å²) in [6.07, 6.45) is -7.28.